The summed E-state index contributed by atoms with van der Waals surface area (Å²) in [4.78, 5) is 40.2. The van der Waals surface area contributed by atoms with Gasteiger partial charge in [0.15, 0.2) is 17.3 Å². The van der Waals surface area contributed by atoms with Crippen LogP contribution in [0.3, 0.4) is 0 Å². The number of rotatable bonds is 0. The summed E-state index contributed by atoms with van der Waals surface area (Å²) >= 11 is 0. The summed E-state index contributed by atoms with van der Waals surface area (Å²) in [5.74, 6) is -2.43. The number of hydrogen-bond acceptors (Lipinski definition) is 8. The summed E-state index contributed by atoms with van der Waals surface area (Å²) in [6.45, 7) is 5.57. The summed E-state index contributed by atoms with van der Waals surface area (Å²) in [6.07, 6.45) is 0.756. The summed E-state index contributed by atoms with van der Waals surface area (Å²) in [5.41, 5.74) is -2.81. The van der Waals surface area contributed by atoms with Crippen LogP contribution in [-0.2, 0) is 28.6 Å². The highest BCUT2D eigenvalue weighted by Gasteiger charge is 2.63. The minimum absolute atomic E-state index is 0.0958. The molecule has 0 aliphatic carbocycles. The first-order valence-corrected chi connectivity index (χ1v) is 9.28. The molecule has 27 heavy (non-hydrogen) atoms. The maximum atomic E-state index is 12.9. The van der Waals surface area contributed by atoms with Crippen LogP contribution >= 0.6 is 0 Å². The second kappa shape index (κ2) is 7.00. The van der Waals surface area contributed by atoms with E-state index < -0.39 is 41.3 Å². The standard InChI is InChI=1S/C19H27NO7/c1-11-9-19(12(2)27-19)17(23)26-14-6-8-20(4)7-5-13(15(14)21)10-25-16(22)18(11,3)24/h5,11-12,14,24H,6-10H2,1-4H3/t11-,12+,14+,18+,19+/m0/s1. The topological polar surface area (TPSA) is 106 Å². The molecule has 0 aromatic rings. The van der Waals surface area contributed by atoms with E-state index in [0.29, 0.717) is 19.5 Å². The molecule has 0 radical (unpaired) electrons. The number of likely N-dealkylation sites (N-methyl/N-ethyl adjacent to an activating group) is 1. The Morgan fingerprint density at radius 2 is 1.89 bits per heavy atom. The van der Waals surface area contributed by atoms with Crippen LogP contribution in [0.5, 0.6) is 0 Å². The lowest BCUT2D eigenvalue weighted by Crippen LogP contribution is -2.48. The molecule has 0 amide bonds. The highest BCUT2D eigenvalue weighted by atomic mass is 16.7. The summed E-state index contributed by atoms with van der Waals surface area (Å²) in [5, 5.41) is 10.7. The number of carbonyl (C=O) groups excluding carboxylic acids is 3. The van der Waals surface area contributed by atoms with Crippen molar-refractivity contribution in [1.82, 2.24) is 4.90 Å². The Labute approximate surface area is 158 Å². The maximum absolute atomic E-state index is 12.9. The van der Waals surface area contributed by atoms with Crippen molar-refractivity contribution in [3.63, 3.8) is 0 Å². The van der Waals surface area contributed by atoms with Gasteiger partial charge in [-0.1, -0.05) is 13.0 Å². The smallest absolute Gasteiger partial charge is 0.341 e. The third-order valence-corrected chi connectivity index (χ3v) is 5.95. The monoisotopic (exact) mass is 381 g/mol. The lowest BCUT2D eigenvalue weighted by molar-refractivity contribution is -0.173. The van der Waals surface area contributed by atoms with Gasteiger partial charge in [0.05, 0.1) is 6.10 Å². The van der Waals surface area contributed by atoms with E-state index in [1.807, 2.05) is 11.9 Å². The highest BCUT2D eigenvalue weighted by molar-refractivity contribution is 6.01. The Balaban J connectivity index is 1.97. The Kier molecular flexibility index (Phi) is 5.18. The zero-order valence-corrected chi connectivity index (χ0v) is 16.2. The molecular weight excluding hydrogens is 354 g/mol. The number of ether oxygens (including phenoxy) is 3. The molecule has 2 fully saturated rings. The molecule has 3 rings (SSSR count). The third kappa shape index (κ3) is 3.66. The molecule has 0 saturated carbocycles. The highest BCUT2D eigenvalue weighted by Crippen LogP contribution is 2.45. The number of esters is 2. The summed E-state index contributed by atoms with van der Waals surface area (Å²) in [7, 11) is 1.89. The number of Topliss-reactive ketones (excluding diaryl/α,β-unsaturated/α-hetero) is 1. The normalized spacial score (nSPS) is 41.4. The minimum Gasteiger partial charge on any atom is -0.459 e. The number of cyclic esters (lactones) is 1. The van der Waals surface area contributed by atoms with Crippen molar-refractivity contribution in [1.29, 1.82) is 0 Å². The SMILES string of the molecule is C[C@H]1C[C@]2(O[C@@H]2C)C(=O)O[C@@H]2CCN(C)CC=C(COC(=O)[C@]1(C)O)C2=O. The van der Waals surface area contributed by atoms with Crippen LogP contribution in [0.25, 0.3) is 0 Å². The van der Waals surface area contributed by atoms with E-state index in [1.54, 1.807) is 19.9 Å². The van der Waals surface area contributed by atoms with Gasteiger partial charge in [-0.2, -0.15) is 0 Å². The van der Waals surface area contributed by atoms with E-state index in [0.717, 1.165) is 0 Å². The molecule has 1 spiro atoms. The van der Waals surface area contributed by atoms with Crippen molar-refractivity contribution < 1.29 is 33.7 Å². The van der Waals surface area contributed by atoms with Crippen molar-refractivity contribution >= 4 is 17.7 Å². The molecule has 5 atom stereocenters. The molecule has 150 valence electrons. The number of epoxide rings is 1. The molecule has 8 nitrogen and oxygen atoms in total. The molecule has 3 aliphatic rings. The van der Waals surface area contributed by atoms with Gasteiger partial charge in [0, 0.05) is 25.1 Å². The van der Waals surface area contributed by atoms with Gasteiger partial charge in [-0.15, -0.1) is 0 Å². The molecule has 0 aromatic heterocycles. The molecule has 3 aliphatic heterocycles. The predicted molar refractivity (Wildman–Crippen MR) is 93.7 cm³/mol. The first kappa shape index (κ1) is 20.0. The van der Waals surface area contributed by atoms with Gasteiger partial charge in [-0.05, 0) is 33.2 Å². The fourth-order valence-electron chi connectivity index (χ4n) is 3.54. The fourth-order valence-corrected chi connectivity index (χ4v) is 3.54. The van der Waals surface area contributed by atoms with Gasteiger partial charge in [-0.25, -0.2) is 9.59 Å². The van der Waals surface area contributed by atoms with Gasteiger partial charge in [-0.3, -0.25) is 4.79 Å². The molecule has 8 heteroatoms. The van der Waals surface area contributed by atoms with E-state index in [-0.39, 0.29) is 24.4 Å². The molecule has 2 saturated heterocycles. The van der Waals surface area contributed by atoms with Gasteiger partial charge in [0.25, 0.3) is 0 Å². The van der Waals surface area contributed by atoms with Crippen LogP contribution in [0.15, 0.2) is 11.6 Å². The molecule has 1 N–H and O–H groups in total. The third-order valence-electron chi connectivity index (χ3n) is 5.95. The van der Waals surface area contributed by atoms with E-state index >= 15 is 0 Å². The minimum atomic E-state index is -1.82. The molecule has 0 aromatic carbocycles. The largest absolute Gasteiger partial charge is 0.459 e. The van der Waals surface area contributed by atoms with E-state index in [2.05, 4.69) is 0 Å². The Bertz CT molecular complexity index is 686. The molecule has 2 bridgehead atoms. The van der Waals surface area contributed by atoms with Crippen LogP contribution in [0.4, 0.5) is 0 Å². The first-order valence-electron chi connectivity index (χ1n) is 9.28. The fraction of sp³-hybridized carbons (Fsp3) is 0.737. The van der Waals surface area contributed by atoms with Crippen LogP contribution in [-0.4, -0.2) is 77.9 Å². The van der Waals surface area contributed by atoms with Crippen LogP contribution < -0.4 is 0 Å². The first-order chi connectivity index (χ1) is 12.6. The molecule has 0 unspecified atom stereocenters. The van der Waals surface area contributed by atoms with Crippen LogP contribution in [0.1, 0.15) is 33.6 Å². The van der Waals surface area contributed by atoms with Gasteiger partial charge in [0.2, 0.25) is 5.78 Å². The predicted octanol–water partition coefficient (Wildman–Crippen LogP) is 0.221. The van der Waals surface area contributed by atoms with E-state index in [1.165, 1.54) is 6.92 Å². The number of fused-ring (bicyclic) bond motifs is 2. The maximum Gasteiger partial charge on any atom is 0.341 e. The Morgan fingerprint density at radius 1 is 1.22 bits per heavy atom. The zero-order valence-electron chi connectivity index (χ0n) is 16.2. The van der Waals surface area contributed by atoms with Gasteiger partial charge >= 0.3 is 11.9 Å². The Morgan fingerprint density at radius 3 is 2.52 bits per heavy atom. The van der Waals surface area contributed by atoms with Crippen LogP contribution in [0.2, 0.25) is 0 Å². The second-order valence-corrected chi connectivity index (χ2v) is 8.02. The van der Waals surface area contributed by atoms with Crippen LogP contribution in [0, 0.1) is 5.92 Å². The number of carbonyl (C=O) groups is 3. The van der Waals surface area contributed by atoms with Crippen molar-refractivity contribution in [2.45, 2.75) is 57.0 Å². The van der Waals surface area contributed by atoms with Crippen molar-refractivity contribution in [2.75, 3.05) is 26.7 Å². The molecule has 3 heterocycles. The lowest BCUT2D eigenvalue weighted by atomic mass is 9.82. The van der Waals surface area contributed by atoms with E-state index in [9.17, 15) is 19.5 Å². The van der Waals surface area contributed by atoms with Gasteiger partial charge < -0.3 is 24.2 Å². The van der Waals surface area contributed by atoms with Crippen molar-refractivity contribution in [3.8, 4) is 0 Å². The quantitative estimate of drug-likeness (QED) is 0.469. The van der Waals surface area contributed by atoms with Crippen molar-refractivity contribution in [3.05, 3.63) is 11.6 Å². The number of aliphatic hydroxyl groups is 1. The summed E-state index contributed by atoms with van der Waals surface area (Å²) in [6, 6.07) is 0. The Hall–Kier alpha value is -1.77. The lowest BCUT2D eigenvalue weighted by Gasteiger charge is -2.32. The van der Waals surface area contributed by atoms with Crippen molar-refractivity contribution in [2.24, 2.45) is 5.92 Å². The summed E-state index contributed by atoms with van der Waals surface area (Å²) < 4.78 is 16.4. The number of hydrogen-bond donors (Lipinski definition) is 1. The molecular formula is C19H27NO7. The average Bonchev–Trinajstić information content (AvgIpc) is 3.26. The average molecular weight is 381 g/mol. The van der Waals surface area contributed by atoms with E-state index in [4.69, 9.17) is 14.2 Å². The number of nitrogens with zero attached hydrogens (tertiary/aromatic N) is 1. The van der Waals surface area contributed by atoms with Gasteiger partial charge in [0.1, 0.15) is 6.61 Å². The zero-order chi connectivity index (χ0) is 20.0. The number of ketones is 1. The second-order valence-electron chi connectivity index (χ2n) is 8.02.